The second-order valence-corrected chi connectivity index (χ2v) is 6.52. The third kappa shape index (κ3) is 4.49. The molecular weight excluding hydrogens is 349 g/mol. The second kappa shape index (κ2) is 7.99. The molecule has 27 heavy (non-hydrogen) atoms. The number of para-hydroxylation sites is 1. The van der Waals surface area contributed by atoms with Gasteiger partial charge in [0, 0.05) is 19.5 Å². The Labute approximate surface area is 156 Å². The summed E-state index contributed by atoms with van der Waals surface area (Å²) >= 11 is 0. The number of nitrogens with one attached hydrogen (secondary N) is 1. The zero-order chi connectivity index (χ0) is 19.4. The number of nitrogens with two attached hydrogens (primary N) is 1. The minimum absolute atomic E-state index is 0.0968. The molecule has 1 aliphatic rings. The minimum atomic E-state index is -0.630. The molecule has 1 aliphatic heterocycles. The van der Waals surface area contributed by atoms with E-state index in [1.54, 1.807) is 35.2 Å². The van der Waals surface area contributed by atoms with Crippen LogP contribution < -0.4 is 11.1 Å². The van der Waals surface area contributed by atoms with Crippen LogP contribution in [0, 0.1) is 11.7 Å². The van der Waals surface area contributed by atoms with Crippen LogP contribution in [0.25, 0.3) is 0 Å². The summed E-state index contributed by atoms with van der Waals surface area (Å²) in [6, 6.07) is 12.6. The molecule has 0 unspecified atom stereocenters. The maximum Gasteiger partial charge on any atom is 0.250 e. The van der Waals surface area contributed by atoms with Crippen LogP contribution in [0.1, 0.15) is 22.3 Å². The van der Waals surface area contributed by atoms with Crippen molar-refractivity contribution in [1.29, 1.82) is 0 Å². The average molecular weight is 369 g/mol. The van der Waals surface area contributed by atoms with Gasteiger partial charge in [0.15, 0.2) is 0 Å². The van der Waals surface area contributed by atoms with E-state index in [4.69, 9.17) is 5.73 Å². The van der Waals surface area contributed by atoms with Crippen LogP contribution in [0.2, 0.25) is 0 Å². The molecule has 6 nitrogen and oxygen atoms in total. The molecule has 0 saturated carbocycles. The Morgan fingerprint density at radius 2 is 1.85 bits per heavy atom. The number of halogens is 1. The number of amides is 3. The number of carbonyl (C=O) groups is 3. The largest absolute Gasteiger partial charge is 0.366 e. The summed E-state index contributed by atoms with van der Waals surface area (Å²) in [4.78, 5) is 37.8. The Kier molecular flexibility index (Phi) is 5.49. The maximum absolute atomic E-state index is 12.9. The van der Waals surface area contributed by atoms with Gasteiger partial charge in [0.1, 0.15) is 5.82 Å². The third-order valence-electron chi connectivity index (χ3n) is 4.62. The van der Waals surface area contributed by atoms with E-state index in [9.17, 15) is 18.8 Å². The first kappa shape index (κ1) is 18.6. The average Bonchev–Trinajstić information content (AvgIpc) is 3.02. The molecule has 0 aromatic heterocycles. The Hall–Kier alpha value is -3.22. The van der Waals surface area contributed by atoms with Crippen LogP contribution in [-0.4, -0.2) is 35.7 Å². The number of likely N-dealkylation sites (tertiary alicyclic amines) is 1. The predicted octanol–water partition coefficient (Wildman–Crippen LogP) is 1.95. The molecule has 2 aromatic rings. The van der Waals surface area contributed by atoms with Crippen molar-refractivity contribution < 1.29 is 18.8 Å². The van der Waals surface area contributed by atoms with E-state index >= 15 is 0 Å². The Morgan fingerprint density at radius 1 is 1.15 bits per heavy atom. The van der Waals surface area contributed by atoms with Crippen molar-refractivity contribution in [2.75, 3.05) is 18.4 Å². The van der Waals surface area contributed by atoms with Crippen molar-refractivity contribution in [2.24, 2.45) is 11.7 Å². The molecule has 0 spiro atoms. The van der Waals surface area contributed by atoms with Crippen molar-refractivity contribution >= 4 is 23.4 Å². The molecule has 3 N–H and O–H groups in total. The lowest BCUT2D eigenvalue weighted by Crippen LogP contribution is -2.30. The van der Waals surface area contributed by atoms with Crippen molar-refractivity contribution in [3.8, 4) is 0 Å². The number of benzene rings is 2. The second-order valence-electron chi connectivity index (χ2n) is 6.52. The number of carbonyl (C=O) groups excluding carboxylic acids is 3. The van der Waals surface area contributed by atoms with E-state index in [1.165, 1.54) is 18.2 Å². The van der Waals surface area contributed by atoms with Crippen LogP contribution in [0.3, 0.4) is 0 Å². The van der Waals surface area contributed by atoms with Gasteiger partial charge in [0.25, 0.3) is 5.91 Å². The molecular formula is C20H20FN3O3. The Balaban J connectivity index is 1.59. The van der Waals surface area contributed by atoms with Gasteiger partial charge in [0.05, 0.1) is 17.2 Å². The first-order chi connectivity index (χ1) is 12.9. The topological polar surface area (TPSA) is 92.5 Å². The quantitative estimate of drug-likeness (QED) is 0.815. The van der Waals surface area contributed by atoms with Crippen molar-refractivity contribution in [3.63, 3.8) is 0 Å². The molecule has 3 rings (SSSR count). The molecule has 7 heteroatoms. The number of primary amides is 1. The van der Waals surface area contributed by atoms with E-state index < -0.39 is 11.8 Å². The molecule has 1 fully saturated rings. The molecule has 0 radical (unpaired) electrons. The highest BCUT2D eigenvalue weighted by Gasteiger charge is 2.34. The van der Waals surface area contributed by atoms with Crippen LogP contribution in [0.4, 0.5) is 10.1 Å². The minimum Gasteiger partial charge on any atom is -0.366 e. The fourth-order valence-electron chi connectivity index (χ4n) is 3.12. The van der Waals surface area contributed by atoms with Crippen molar-refractivity contribution in [2.45, 2.75) is 12.8 Å². The van der Waals surface area contributed by atoms with Crippen LogP contribution in [0.15, 0.2) is 48.5 Å². The fourth-order valence-corrected chi connectivity index (χ4v) is 3.12. The van der Waals surface area contributed by atoms with Gasteiger partial charge >= 0.3 is 0 Å². The first-order valence-electron chi connectivity index (χ1n) is 8.66. The SMILES string of the molecule is NC(=O)c1ccccc1NC(=O)[C@@H]1CC(=O)N(CCc2ccc(F)cc2)C1. The summed E-state index contributed by atoms with van der Waals surface area (Å²) in [5, 5.41) is 2.69. The number of hydrogen-bond donors (Lipinski definition) is 2. The summed E-state index contributed by atoms with van der Waals surface area (Å²) in [7, 11) is 0. The molecule has 2 aromatic carbocycles. The predicted molar refractivity (Wildman–Crippen MR) is 98.4 cm³/mol. The smallest absolute Gasteiger partial charge is 0.250 e. The van der Waals surface area contributed by atoms with Gasteiger partial charge in [-0.3, -0.25) is 14.4 Å². The van der Waals surface area contributed by atoms with Gasteiger partial charge in [-0.1, -0.05) is 24.3 Å². The lowest BCUT2D eigenvalue weighted by molar-refractivity contribution is -0.128. The number of nitrogens with zero attached hydrogens (tertiary/aromatic N) is 1. The fraction of sp³-hybridized carbons (Fsp3) is 0.250. The lowest BCUT2D eigenvalue weighted by atomic mass is 10.1. The molecule has 1 heterocycles. The lowest BCUT2D eigenvalue weighted by Gasteiger charge is -2.17. The van der Waals surface area contributed by atoms with Crippen LogP contribution in [-0.2, 0) is 16.0 Å². The summed E-state index contributed by atoms with van der Waals surface area (Å²) in [5.41, 5.74) is 6.80. The molecule has 0 aliphatic carbocycles. The number of hydrogen-bond acceptors (Lipinski definition) is 3. The Bertz CT molecular complexity index is 867. The molecule has 3 amide bonds. The van der Waals surface area contributed by atoms with Gasteiger partial charge in [-0.25, -0.2) is 4.39 Å². The highest BCUT2D eigenvalue weighted by atomic mass is 19.1. The highest BCUT2D eigenvalue weighted by Crippen LogP contribution is 2.22. The summed E-state index contributed by atoms with van der Waals surface area (Å²) in [6.07, 6.45) is 0.707. The zero-order valence-corrected chi connectivity index (χ0v) is 14.7. The molecule has 0 bridgehead atoms. The highest BCUT2D eigenvalue weighted by molar-refractivity contribution is 6.04. The first-order valence-corrected chi connectivity index (χ1v) is 8.66. The normalized spacial score (nSPS) is 16.4. The Morgan fingerprint density at radius 3 is 2.56 bits per heavy atom. The number of rotatable bonds is 6. The van der Waals surface area contributed by atoms with Crippen LogP contribution in [0.5, 0.6) is 0 Å². The van der Waals surface area contributed by atoms with Crippen molar-refractivity contribution in [1.82, 2.24) is 4.90 Å². The van der Waals surface area contributed by atoms with Crippen molar-refractivity contribution in [3.05, 3.63) is 65.5 Å². The molecule has 1 atom stereocenters. The van der Waals surface area contributed by atoms with E-state index in [1.807, 2.05) is 0 Å². The zero-order valence-electron chi connectivity index (χ0n) is 14.7. The summed E-state index contributed by atoms with van der Waals surface area (Å²) in [5.74, 6) is -1.84. The van der Waals surface area contributed by atoms with Crippen LogP contribution >= 0.6 is 0 Å². The van der Waals surface area contributed by atoms with E-state index in [2.05, 4.69) is 5.32 Å². The summed E-state index contributed by atoms with van der Waals surface area (Å²) in [6.45, 7) is 0.775. The van der Waals surface area contributed by atoms with Gasteiger partial charge in [-0.15, -0.1) is 0 Å². The monoisotopic (exact) mass is 369 g/mol. The van der Waals surface area contributed by atoms with Gasteiger partial charge < -0.3 is 16.0 Å². The van der Waals surface area contributed by atoms with E-state index in [-0.39, 0.29) is 29.6 Å². The van der Waals surface area contributed by atoms with E-state index in [0.29, 0.717) is 25.2 Å². The van der Waals surface area contributed by atoms with Gasteiger partial charge in [-0.05, 0) is 36.2 Å². The van der Waals surface area contributed by atoms with Gasteiger partial charge in [0.2, 0.25) is 11.8 Å². The third-order valence-corrected chi connectivity index (χ3v) is 4.62. The van der Waals surface area contributed by atoms with Gasteiger partial charge in [-0.2, -0.15) is 0 Å². The molecule has 140 valence electrons. The molecule has 1 saturated heterocycles. The maximum atomic E-state index is 12.9. The number of anilines is 1. The standard InChI is InChI=1S/C20H20FN3O3/c21-15-7-5-13(6-8-15)9-10-24-12-14(11-18(24)25)20(27)23-17-4-2-1-3-16(17)19(22)26/h1-8,14H,9-12H2,(H2,22,26)(H,23,27)/t14-/m1/s1. The van der Waals surface area contributed by atoms with E-state index in [0.717, 1.165) is 5.56 Å². The summed E-state index contributed by atoms with van der Waals surface area (Å²) < 4.78 is 12.9.